The SMILES string of the molecule is CC/C(C#N)=C(/C)Nc1ccc(F)cc1.O=C=O. The molecule has 5 heteroatoms. The molecule has 18 heavy (non-hydrogen) atoms. The summed E-state index contributed by atoms with van der Waals surface area (Å²) in [6.45, 7) is 3.76. The Morgan fingerprint density at radius 3 is 2.22 bits per heavy atom. The number of halogens is 1. The molecule has 0 amide bonds. The number of benzene rings is 1. The summed E-state index contributed by atoms with van der Waals surface area (Å²) in [6, 6.07) is 8.18. The molecular formula is C13H13FN2O2. The van der Waals surface area contributed by atoms with Crippen molar-refractivity contribution in [1.82, 2.24) is 0 Å². The Morgan fingerprint density at radius 2 is 1.83 bits per heavy atom. The zero-order valence-corrected chi connectivity index (χ0v) is 10.2. The van der Waals surface area contributed by atoms with E-state index in [4.69, 9.17) is 14.9 Å². The summed E-state index contributed by atoms with van der Waals surface area (Å²) < 4.78 is 12.6. The Bertz CT molecular complexity index is 481. The number of carbonyl (C=O) groups excluding carboxylic acids is 2. The molecule has 0 saturated carbocycles. The van der Waals surface area contributed by atoms with Crippen LogP contribution in [0.1, 0.15) is 20.3 Å². The van der Waals surface area contributed by atoms with Crippen molar-refractivity contribution in [2.75, 3.05) is 5.32 Å². The number of nitrogens with zero attached hydrogens (tertiary/aromatic N) is 1. The number of anilines is 1. The van der Waals surface area contributed by atoms with E-state index in [1.807, 2.05) is 13.8 Å². The second-order valence-corrected chi connectivity index (χ2v) is 3.28. The van der Waals surface area contributed by atoms with Gasteiger partial charge in [0.15, 0.2) is 0 Å². The van der Waals surface area contributed by atoms with Crippen LogP contribution < -0.4 is 5.32 Å². The maximum Gasteiger partial charge on any atom is 0.373 e. The summed E-state index contributed by atoms with van der Waals surface area (Å²) >= 11 is 0. The minimum absolute atomic E-state index is 0.250. The molecule has 0 fully saturated rings. The highest BCUT2D eigenvalue weighted by Gasteiger charge is 1.99. The van der Waals surface area contributed by atoms with Crippen molar-refractivity contribution in [1.29, 1.82) is 5.26 Å². The summed E-state index contributed by atoms with van der Waals surface area (Å²) in [6.07, 6.45) is 0.941. The largest absolute Gasteiger partial charge is 0.373 e. The van der Waals surface area contributed by atoms with E-state index < -0.39 is 0 Å². The highest BCUT2D eigenvalue weighted by Crippen LogP contribution is 2.14. The van der Waals surface area contributed by atoms with Crippen LogP contribution >= 0.6 is 0 Å². The minimum Gasteiger partial charge on any atom is -0.358 e. The lowest BCUT2D eigenvalue weighted by atomic mass is 10.2. The maximum atomic E-state index is 12.6. The number of nitrogens with one attached hydrogen (secondary N) is 1. The quantitative estimate of drug-likeness (QED) is 0.835. The number of hydrogen-bond donors (Lipinski definition) is 1. The summed E-state index contributed by atoms with van der Waals surface area (Å²) in [5.41, 5.74) is 2.31. The average Bonchev–Trinajstić information content (AvgIpc) is 2.35. The van der Waals surface area contributed by atoms with E-state index in [9.17, 15) is 4.39 Å². The lowest BCUT2D eigenvalue weighted by molar-refractivity contribution is -0.191. The van der Waals surface area contributed by atoms with Gasteiger partial charge in [0, 0.05) is 17.0 Å². The number of nitriles is 1. The molecular weight excluding hydrogens is 235 g/mol. The Balaban J connectivity index is 0.000000873. The Labute approximate surface area is 105 Å². The third kappa shape index (κ3) is 5.59. The van der Waals surface area contributed by atoms with Crippen molar-refractivity contribution in [3.8, 4) is 6.07 Å². The van der Waals surface area contributed by atoms with Crippen molar-refractivity contribution in [3.05, 3.63) is 41.4 Å². The van der Waals surface area contributed by atoms with Crippen LogP contribution in [0, 0.1) is 17.1 Å². The van der Waals surface area contributed by atoms with Crippen LogP contribution in [-0.2, 0) is 9.59 Å². The number of hydrogen-bond acceptors (Lipinski definition) is 4. The standard InChI is InChI=1S/C12H13FN2.CO2/c1-3-10(8-14)9(2)15-12-6-4-11(13)5-7-12;2-1-3/h4-7,15H,3H2,1-2H3;/b10-9+;. The molecule has 0 aliphatic heterocycles. The predicted molar refractivity (Wildman–Crippen MR) is 63.6 cm³/mol. The molecule has 0 radical (unpaired) electrons. The summed E-state index contributed by atoms with van der Waals surface area (Å²) in [4.78, 5) is 16.2. The smallest absolute Gasteiger partial charge is 0.358 e. The Morgan fingerprint density at radius 1 is 1.33 bits per heavy atom. The van der Waals surface area contributed by atoms with E-state index in [1.165, 1.54) is 12.1 Å². The number of allylic oxidation sites excluding steroid dienone is 2. The molecule has 0 spiro atoms. The molecule has 0 saturated heterocycles. The van der Waals surface area contributed by atoms with Gasteiger partial charge in [-0.3, -0.25) is 0 Å². The molecule has 1 rings (SSSR count). The van der Waals surface area contributed by atoms with Crippen LogP contribution in [0.3, 0.4) is 0 Å². The van der Waals surface area contributed by atoms with Gasteiger partial charge in [-0.25, -0.2) is 4.39 Å². The first kappa shape index (κ1) is 15.6. The van der Waals surface area contributed by atoms with Gasteiger partial charge in [-0.2, -0.15) is 14.9 Å². The molecule has 0 aliphatic carbocycles. The molecule has 1 N–H and O–H groups in total. The second-order valence-electron chi connectivity index (χ2n) is 3.28. The molecule has 1 aromatic carbocycles. The van der Waals surface area contributed by atoms with Crippen LogP contribution in [0.5, 0.6) is 0 Å². The Kier molecular flexibility index (Phi) is 7.51. The average molecular weight is 248 g/mol. The first-order valence-corrected chi connectivity index (χ1v) is 5.20. The van der Waals surface area contributed by atoms with Crippen LogP contribution in [0.25, 0.3) is 0 Å². The van der Waals surface area contributed by atoms with Gasteiger partial charge in [0.2, 0.25) is 0 Å². The fourth-order valence-corrected chi connectivity index (χ4v) is 1.25. The van der Waals surface area contributed by atoms with Crippen molar-refractivity contribution in [2.45, 2.75) is 20.3 Å². The molecule has 4 nitrogen and oxygen atoms in total. The van der Waals surface area contributed by atoms with Crippen LogP contribution in [0.15, 0.2) is 35.5 Å². The molecule has 0 heterocycles. The molecule has 0 unspecified atom stereocenters. The normalized spacial score (nSPS) is 10.1. The van der Waals surface area contributed by atoms with E-state index in [2.05, 4.69) is 11.4 Å². The summed E-state index contributed by atoms with van der Waals surface area (Å²) in [5, 5.41) is 11.9. The zero-order valence-electron chi connectivity index (χ0n) is 10.2. The highest BCUT2D eigenvalue weighted by molar-refractivity contribution is 5.50. The first-order chi connectivity index (χ1) is 8.58. The summed E-state index contributed by atoms with van der Waals surface area (Å²) in [7, 11) is 0. The second kappa shape index (κ2) is 8.68. The summed E-state index contributed by atoms with van der Waals surface area (Å²) in [5.74, 6) is -0.266. The molecule has 1 aromatic rings. The molecule has 0 bridgehead atoms. The van der Waals surface area contributed by atoms with Gasteiger partial charge in [-0.1, -0.05) is 6.92 Å². The topological polar surface area (TPSA) is 70.0 Å². The van der Waals surface area contributed by atoms with Gasteiger partial charge in [-0.15, -0.1) is 0 Å². The van der Waals surface area contributed by atoms with Gasteiger partial charge in [0.05, 0.1) is 6.07 Å². The molecule has 0 aliphatic rings. The zero-order chi connectivity index (χ0) is 14.0. The predicted octanol–water partition coefficient (Wildman–Crippen LogP) is 2.86. The highest BCUT2D eigenvalue weighted by atomic mass is 19.1. The van der Waals surface area contributed by atoms with E-state index in [0.717, 1.165) is 11.4 Å². The molecule has 0 aromatic heterocycles. The van der Waals surface area contributed by atoms with Crippen molar-refractivity contribution in [3.63, 3.8) is 0 Å². The van der Waals surface area contributed by atoms with Crippen molar-refractivity contribution < 1.29 is 14.0 Å². The fourth-order valence-electron chi connectivity index (χ4n) is 1.25. The van der Waals surface area contributed by atoms with Crippen molar-refractivity contribution in [2.24, 2.45) is 0 Å². The lowest BCUT2D eigenvalue weighted by Gasteiger charge is -2.07. The number of rotatable bonds is 3. The monoisotopic (exact) mass is 248 g/mol. The van der Waals surface area contributed by atoms with Crippen LogP contribution in [0.4, 0.5) is 10.1 Å². The van der Waals surface area contributed by atoms with Gasteiger partial charge < -0.3 is 5.32 Å². The lowest BCUT2D eigenvalue weighted by Crippen LogP contribution is -1.99. The molecule has 0 atom stereocenters. The maximum absolute atomic E-state index is 12.6. The van der Waals surface area contributed by atoms with Crippen LogP contribution in [0.2, 0.25) is 0 Å². The van der Waals surface area contributed by atoms with E-state index >= 15 is 0 Å². The fraction of sp³-hybridized carbons (Fsp3) is 0.231. The van der Waals surface area contributed by atoms with E-state index in [1.54, 1.807) is 12.1 Å². The first-order valence-electron chi connectivity index (χ1n) is 5.20. The van der Waals surface area contributed by atoms with E-state index in [0.29, 0.717) is 12.0 Å². The third-order valence-corrected chi connectivity index (χ3v) is 2.12. The van der Waals surface area contributed by atoms with E-state index in [-0.39, 0.29) is 12.0 Å². The van der Waals surface area contributed by atoms with Crippen molar-refractivity contribution >= 4 is 11.8 Å². The van der Waals surface area contributed by atoms with Gasteiger partial charge >= 0.3 is 6.15 Å². The van der Waals surface area contributed by atoms with Gasteiger partial charge in [0.1, 0.15) is 5.82 Å². The van der Waals surface area contributed by atoms with Gasteiger partial charge in [-0.05, 0) is 37.6 Å². The van der Waals surface area contributed by atoms with Crippen LogP contribution in [-0.4, -0.2) is 6.15 Å². The molecule has 94 valence electrons. The third-order valence-electron chi connectivity index (χ3n) is 2.12. The minimum atomic E-state index is -0.266. The van der Waals surface area contributed by atoms with Gasteiger partial charge in [0.25, 0.3) is 0 Å². The Hall–Kier alpha value is -2.44.